The monoisotopic (exact) mass is 908 g/mol. The van der Waals surface area contributed by atoms with Gasteiger partial charge in [0.25, 0.3) is 0 Å². The smallest absolute Gasteiger partial charge is 0.144 e. The van der Waals surface area contributed by atoms with Gasteiger partial charge in [-0.05, 0) is 110 Å². The second kappa shape index (κ2) is 13.6. The molecule has 12 aromatic rings. The van der Waals surface area contributed by atoms with Crippen molar-refractivity contribution in [2.45, 2.75) is 26.5 Å². The molecule has 3 aliphatic heterocycles. The van der Waals surface area contributed by atoms with Crippen molar-refractivity contribution in [2.75, 3.05) is 17.6 Å². The van der Waals surface area contributed by atoms with E-state index in [1.54, 1.807) is 9.79 Å². The molecule has 68 heavy (non-hydrogen) atoms. The van der Waals surface area contributed by atoms with E-state index < -0.39 is 20.1 Å². The Morgan fingerprint density at radius 3 is 1.41 bits per heavy atom. The number of hydrogen-bond acceptors (Lipinski definition) is 2. The second-order valence-electron chi connectivity index (χ2n) is 19.0. The molecule has 0 spiro atoms. The Hall–Kier alpha value is -7.50. The van der Waals surface area contributed by atoms with Gasteiger partial charge < -0.3 is 8.83 Å². The molecule has 0 radical (unpaired) electrons. The van der Waals surface area contributed by atoms with Gasteiger partial charge in [-0.25, -0.2) is 0 Å². The highest BCUT2D eigenvalue weighted by Crippen LogP contribution is 2.90. The van der Waals surface area contributed by atoms with Gasteiger partial charge in [0, 0.05) is 68.5 Å². The van der Waals surface area contributed by atoms with Crippen LogP contribution in [0.5, 0.6) is 0 Å². The number of fused-ring (bicyclic) bond motifs is 16. The molecule has 0 amide bonds. The summed E-state index contributed by atoms with van der Waals surface area (Å²) in [6.45, 7) is 6.27. The molecule has 2 atom stereocenters. The first-order valence-corrected chi connectivity index (χ1v) is 27.9. The Morgan fingerprint density at radius 1 is 0.456 bits per heavy atom. The van der Waals surface area contributed by atoms with Crippen LogP contribution in [0.25, 0.3) is 127 Å². The van der Waals surface area contributed by atoms with E-state index in [0.29, 0.717) is 0 Å². The Balaban J connectivity index is 1.00. The second-order valence-corrected chi connectivity index (χ2v) is 26.0. The average molecular weight is 909 g/mol. The summed E-state index contributed by atoms with van der Waals surface area (Å²) in [5, 5.41) is 10.8. The van der Waals surface area contributed by atoms with Crippen molar-refractivity contribution in [3.05, 3.63) is 200 Å². The molecule has 0 N–H and O–H groups in total. The summed E-state index contributed by atoms with van der Waals surface area (Å²) in [4.78, 5) is 6.03. The minimum absolute atomic E-state index is 0.927. The van der Waals surface area contributed by atoms with E-state index in [1.807, 2.05) is 6.08 Å². The molecule has 2 aromatic heterocycles. The van der Waals surface area contributed by atoms with E-state index in [0.717, 1.165) is 43.8 Å². The van der Waals surface area contributed by atoms with Crippen molar-refractivity contribution in [2.24, 2.45) is 0 Å². The molecule has 0 saturated carbocycles. The third-order valence-corrected chi connectivity index (χ3v) is 24.7. The van der Waals surface area contributed by atoms with Crippen LogP contribution in [-0.2, 0) is 0 Å². The Kier molecular flexibility index (Phi) is 7.70. The topological polar surface area (TPSA) is 26.3 Å². The van der Waals surface area contributed by atoms with Crippen molar-refractivity contribution in [1.82, 2.24) is 0 Å². The Labute approximate surface area is 397 Å². The normalized spacial score (nSPS) is 19.7. The molecular formula is C64H44O2S2. The quantitative estimate of drug-likeness (QED) is 0.161. The molecule has 15 rings (SSSR count). The standard InChI is InChI=1S/C64H44O2S2/c1-5-37(6-2)39-28-30-45(43-22-12-10-20-41(39)43)51-34-55-59(61-57(51)47-24-14-16-26-53(47)65-61)49-32-33-50-60-56(68(4)36-67(55,3)63(49)64(50)68)35-52(58-48-25-15-17-27-54(48)66-62(58)60)46-31-29-40(38-18-8-7-9-19-38)42-21-11-13-23-44(42)46/h5-35H,1,36H2,2-4H3/b37-6+. The van der Waals surface area contributed by atoms with Gasteiger partial charge in [-0.2, -0.15) is 20.1 Å². The Morgan fingerprint density at radius 2 is 0.882 bits per heavy atom. The molecular weight excluding hydrogens is 865 g/mol. The van der Waals surface area contributed by atoms with Crippen molar-refractivity contribution < 1.29 is 8.83 Å². The van der Waals surface area contributed by atoms with Crippen LogP contribution in [0, 0.1) is 0 Å². The fourth-order valence-electron chi connectivity index (χ4n) is 12.8. The lowest BCUT2D eigenvalue weighted by molar-refractivity contribution is 0.668. The van der Waals surface area contributed by atoms with E-state index in [9.17, 15) is 0 Å². The number of para-hydroxylation sites is 2. The highest BCUT2D eigenvalue weighted by molar-refractivity contribution is 8.51. The summed E-state index contributed by atoms with van der Waals surface area (Å²) >= 11 is 0. The van der Waals surface area contributed by atoms with Gasteiger partial charge in [0.2, 0.25) is 0 Å². The fraction of sp³-hybridized carbons (Fsp3) is 0.0625. The minimum Gasteiger partial charge on any atom is -0.455 e. The molecule has 3 aliphatic rings. The maximum absolute atomic E-state index is 7.16. The fourth-order valence-corrected chi connectivity index (χ4v) is 24.4. The Bertz CT molecular complexity index is 4300. The first-order chi connectivity index (χ1) is 33.4. The summed E-state index contributed by atoms with van der Waals surface area (Å²) in [6.07, 6.45) is 9.37. The molecule has 4 heteroatoms. The molecule has 0 aliphatic carbocycles. The van der Waals surface area contributed by atoms with E-state index in [1.165, 1.54) is 103 Å². The van der Waals surface area contributed by atoms with E-state index >= 15 is 0 Å². The van der Waals surface area contributed by atoms with Crippen LogP contribution < -0.4 is 0 Å². The SMILES string of the molecule is C=C/C(=C\C)c1ccc(-c2cc3c(c4oc5ccccc5c24)-c2ccc4c5c2S3(C)CS5(C)c2cc(-c3ccc(-c5ccccc5)c5ccccc35)c3c(oc5ccccc53)c2-4)c2ccccc12. The molecule has 5 heterocycles. The molecule has 0 saturated heterocycles. The first-order valence-electron chi connectivity index (χ1n) is 23.4. The third-order valence-electron chi connectivity index (χ3n) is 15.6. The van der Waals surface area contributed by atoms with Gasteiger partial charge in [0.1, 0.15) is 22.3 Å². The van der Waals surface area contributed by atoms with E-state index in [-0.39, 0.29) is 0 Å². The lowest BCUT2D eigenvalue weighted by atomic mass is 9.88. The van der Waals surface area contributed by atoms with Crippen LogP contribution in [-0.4, -0.2) is 17.6 Å². The van der Waals surface area contributed by atoms with Gasteiger partial charge in [0.15, 0.2) is 0 Å². The largest absolute Gasteiger partial charge is 0.455 e. The van der Waals surface area contributed by atoms with Crippen molar-refractivity contribution in [3.63, 3.8) is 0 Å². The first kappa shape index (κ1) is 38.6. The summed E-state index contributed by atoms with van der Waals surface area (Å²) in [7, 11) is -3.07. The summed E-state index contributed by atoms with van der Waals surface area (Å²) in [5.41, 5.74) is 18.9. The molecule has 2 nitrogen and oxygen atoms in total. The van der Waals surface area contributed by atoms with Gasteiger partial charge in [0.05, 0.1) is 0 Å². The summed E-state index contributed by atoms with van der Waals surface area (Å²) in [6, 6.07) is 65.4. The van der Waals surface area contributed by atoms with Gasteiger partial charge in [-0.1, -0.05) is 170 Å². The van der Waals surface area contributed by atoms with Gasteiger partial charge >= 0.3 is 0 Å². The van der Waals surface area contributed by atoms with Crippen LogP contribution in [0.3, 0.4) is 0 Å². The number of allylic oxidation sites excluding steroid dienone is 3. The highest BCUT2D eigenvalue weighted by Gasteiger charge is 2.55. The lowest BCUT2D eigenvalue weighted by Crippen LogP contribution is -2.03. The summed E-state index contributed by atoms with van der Waals surface area (Å²) in [5.74, 6) is 0. The molecule has 2 unspecified atom stereocenters. The molecule has 324 valence electrons. The maximum Gasteiger partial charge on any atom is 0.144 e. The highest BCUT2D eigenvalue weighted by atomic mass is 32.3. The maximum atomic E-state index is 7.16. The number of furan rings is 2. The number of rotatable bonds is 5. The zero-order chi connectivity index (χ0) is 45.2. The average Bonchev–Trinajstić information content (AvgIpc) is 4.14. The lowest BCUT2D eigenvalue weighted by Gasteiger charge is -2.36. The predicted molar refractivity (Wildman–Crippen MR) is 292 cm³/mol. The van der Waals surface area contributed by atoms with Crippen LogP contribution in [0.4, 0.5) is 0 Å². The molecule has 0 fully saturated rings. The zero-order valence-electron chi connectivity index (χ0n) is 37.9. The number of benzene rings is 10. The molecule has 10 aromatic carbocycles. The van der Waals surface area contributed by atoms with Crippen LogP contribution in [0.1, 0.15) is 12.5 Å². The minimum atomic E-state index is -1.53. The van der Waals surface area contributed by atoms with Crippen molar-refractivity contribution in [1.29, 1.82) is 0 Å². The van der Waals surface area contributed by atoms with Crippen LogP contribution >= 0.6 is 20.1 Å². The van der Waals surface area contributed by atoms with Crippen molar-refractivity contribution in [3.8, 4) is 55.6 Å². The number of hydrogen-bond donors (Lipinski definition) is 0. The van der Waals surface area contributed by atoms with Crippen molar-refractivity contribution >= 4 is 91.1 Å². The summed E-state index contributed by atoms with van der Waals surface area (Å²) < 4.78 is 14.3. The predicted octanol–water partition coefficient (Wildman–Crippen LogP) is 19.0. The van der Waals surface area contributed by atoms with Crippen LogP contribution in [0.2, 0.25) is 0 Å². The van der Waals surface area contributed by atoms with E-state index in [2.05, 4.69) is 208 Å². The van der Waals surface area contributed by atoms with Gasteiger partial charge in [-0.3, -0.25) is 0 Å². The zero-order valence-corrected chi connectivity index (χ0v) is 39.6. The third kappa shape index (κ3) is 4.76. The van der Waals surface area contributed by atoms with Gasteiger partial charge in [-0.15, -0.1) is 0 Å². The molecule has 0 bridgehead atoms. The van der Waals surface area contributed by atoms with Crippen LogP contribution in [0.15, 0.2) is 223 Å². The van der Waals surface area contributed by atoms with E-state index in [4.69, 9.17) is 8.83 Å².